The predicted octanol–water partition coefficient (Wildman–Crippen LogP) is 7.87. The van der Waals surface area contributed by atoms with Crippen molar-refractivity contribution in [3.05, 3.63) is 105 Å². The van der Waals surface area contributed by atoms with Gasteiger partial charge in [-0.05, 0) is 93.8 Å². The van der Waals surface area contributed by atoms with Gasteiger partial charge in [-0.1, -0.05) is 42.0 Å². The van der Waals surface area contributed by atoms with E-state index in [0.29, 0.717) is 22.2 Å². The number of benzene rings is 3. The van der Waals surface area contributed by atoms with Gasteiger partial charge in [-0.15, -0.1) is 29.6 Å². The molecule has 1 aliphatic carbocycles. The van der Waals surface area contributed by atoms with Crippen LogP contribution in [0.5, 0.6) is 5.75 Å². The Labute approximate surface area is 268 Å². The molecule has 2 aromatic heterocycles. The summed E-state index contributed by atoms with van der Waals surface area (Å²) in [5.41, 5.74) is 8.13. The van der Waals surface area contributed by atoms with Gasteiger partial charge in [0.1, 0.15) is 12.1 Å². The van der Waals surface area contributed by atoms with E-state index < -0.39 is 6.36 Å². The second kappa shape index (κ2) is 12.6. The maximum atomic E-state index is 13.1. The van der Waals surface area contributed by atoms with Crippen LogP contribution in [-0.2, 0) is 0 Å². The number of rotatable bonds is 6. The monoisotopic (exact) mass is 646 g/mol. The number of alkyl halides is 3. The van der Waals surface area contributed by atoms with E-state index in [1.165, 1.54) is 57.7 Å². The first-order chi connectivity index (χ1) is 21.9. The number of hydrogen-bond acceptors (Lipinski definition) is 5. The maximum absolute atomic E-state index is 13.1. The zero-order valence-electron chi connectivity index (χ0n) is 25.8. The SMILES string of the molecule is Cc1cc(C)c(-n2c(C)csc2=NC(=O)NC2CCC(c3ccc(-c4ncn(-c5ccc(OC(F)(F)F)cc5)n4)cc3)C2)c(C)c1. The van der Waals surface area contributed by atoms with Crippen LogP contribution in [0.25, 0.3) is 22.8 Å². The molecule has 12 heteroatoms. The number of urea groups is 1. The van der Waals surface area contributed by atoms with E-state index in [1.807, 2.05) is 24.4 Å². The number of amides is 2. The third-order valence-corrected chi connectivity index (χ3v) is 9.11. The summed E-state index contributed by atoms with van der Waals surface area (Å²) in [6, 6.07) is 17.5. The van der Waals surface area contributed by atoms with Crippen molar-refractivity contribution in [1.82, 2.24) is 24.6 Å². The molecule has 2 heterocycles. The lowest BCUT2D eigenvalue weighted by atomic mass is 9.96. The van der Waals surface area contributed by atoms with Gasteiger partial charge in [0.05, 0.1) is 11.4 Å². The average molecular weight is 647 g/mol. The Morgan fingerprint density at radius 1 is 1.00 bits per heavy atom. The van der Waals surface area contributed by atoms with E-state index in [2.05, 4.69) is 74.7 Å². The molecule has 0 spiro atoms. The minimum absolute atomic E-state index is 0.0311. The van der Waals surface area contributed by atoms with Crippen molar-refractivity contribution in [3.63, 3.8) is 0 Å². The van der Waals surface area contributed by atoms with Crippen LogP contribution in [0.3, 0.4) is 0 Å². The zero-order valence-corrected chi connectivity index (χ0v) is 26.6. The minimum Gasteiger partial charge on any atom is -0.406 e. The molecule has 2 unspecified atom stereocenters. The number of ether oxygens (including phenoxy) is 1. The Morgan fingerprint density at radius 3 is 2.37 bits per heavy atom. The highest BCUT2D eigenvalue weighted by molar-refractivity contribution is 7.07. The zero-order chi connectivity index (χ0) is 32.6. The second-order valence-corrected chi connectivity index (χ2v) is 12.5. The first-order valence-corrected chi connectivity index (χ1v) is 15.8. The summed E-state index contributed by atoms with van der Waals surface area (Å²) in [6.07, 6.45) is -0.593. The fourth-order valence-electron chi connectivity index (χ4n) is 6.20. The van der Waals surface area contributed by atoms with Gasteiger partial charge in [-0.25, -0.2) is 14.5 Å². The molecule has 0 aliphatic heterocycles. The smallest absolute Gasteiger partial charge is 0.406 e. The predicted molar refractivity (Wildman–Crippen MR) is 171 cm³/mol. The van der Waals surface area contributed by atoms with E-state index in [9.17, 15) is 18.0 Å². The number of nitrogens with zero attached hydrogens (tertiary/aromatic N) is 5. The third-order valence-electron chi connectivity index (χ3n) is 8.16. The number of carbonyl (C=O) groups is 1. The fourth-order valence-corrected chi connectivity index (χ4v) is 7.06. The normalized spacial score (nSPS) is 17.0. The van der Waals surface area contributed by atoms with Crippen molar-refractivity contribution in [2.75, 3.05) is 0 Å². The molecular formula is C34H33F3N6O2S. The lowest BCUT2D eigenvalue weighted by Crippen LogP contribution is -2.32. The first-order valence-electron chi connectivity index (χ1n) is 14.9. The third kappa shape index (κ3) is 6.91. The minimum atomic E-state index is -4.74. The van der Waals surface area contributed by atoms with Crippen LogP contribution in [-0.4, -0.2) is 37.8 Å². The molecule has 0 bridgehead atoms. The molecule has 2 atom stereocenters. The van der Waals surface area contributed by atoms with Gasteiger partial charge in [0, 0.05) is 22.7 Å². The van der Waals surface area contributed by atoms with Crippen molar-refractivity contribution in [2.45, 2.75) is 65.3 Å². The van der Waals surface area contributed by atoms with Crippen LogP contribution in [0.1, 0.15) is 53.1 Å². The number of aromatic nitrogens is 4. The number of nitrogens with one attached hydrogen (secondary N) is 1. The van der Waals surface area contributed by atoms with Gasteiger partial charge in [-0.3, -0.25) is 4.57 Å². The van der Waals surface area contributed by atoms with Crippen LogP contribution >= 0.6 is 11.3 Å². The highest BCUT2D eigenvalue weighted by Gasteiger charge is 2.31. The topological polar surface area (TPSA) is 86.3 Å². The van der Waals surface area contributed by atoms with Gasteiger partial charge in [0.15, 0.2) is 10.6 Å². The molecule has 1 saturated carbocycles. The van der Waals surface area contributed by atoms with Crippen molar-refractivity contribution < 1.29 is 22.7 Å². The van der Waals surface area contributed by atoms with E-state index >= 15 is 0 Å². The molecule has 0 radical (unpaired) electrons. The first kappa shape index (κ1) is 31.3. The molecular weight excluding hydrogens is 613 g/mol. The quantitative estimate of drug-likeness (QED) is 0.204. The van der Waals surface area contributed by atoms with E-state index in [-0.39, 0.29) is 17.8 Å². The Bertz CT molecular complexity index is 1920. The molecule has 238 valence electrons. The highest BCUT2D eigenvalue weighted by Crippen LogP contribution is 2.35. The van der Waals surface area contributed by atoms with Crippen LogP contribution in [0.15, 0.2) is 77.4 Å². The Kier molecular flexibility index (Phi) is 8.56. The number of carbonyl (C=O) groups excluding carboxylic acids is 1. The van der Waals surface area contributed by atoms with Crippen molar-refractivity contribution in [3.8, 4) is 28.5 Å². The molecule has 8 nitrogen and oxygen atoms in total. The van der Waals surface area contributed by atoms with Crippen LogP contribution in [0.2, 0.25) is 0 Å². The molecule has 1 aliphatic rings. The Morgan fingerprint density at radius 2 is 1.70 bits per heavy atom. The lowest BCUT2D eigenvalue weighted by molar-refractivity contribution is -0.274. The summed E-state index contributed by atoms with van der Waals surface area (Å²) < 4.78 is 44.8. The van der Waals surface area contributed by atoms with Gasteiger partial charge in [0.25, 0.3) is 0 Å². The number of hydrogen-bond donors (Lipinski definition) is 1. The number of aryl methyl sites for hydroxylation is 4. The van der Waals surface area contributed by atoms with Crippen molar-refractivity contribution in [2.24, 2.45) is 4.99 Å². The average Bonchev–Trinajstić information content (AvgIpc) is 3.74. The molecule has 1 fully saturated rings. The number of halogens is 3. The van der Waals surface area contributed by atoms with E-state index in [4.69, 9.17) is 0 Å². The van der Waals surface area contributed by atoms with Crippen LogP contribution in [0.4, 0.5) is 18.0 Å². The molecule has 5 aromatic rings. The molecule has 6 rings (SSSR count). The summed E-state index contributed by atoms with van der Waals surface area (Å²) >= 11 is 1.46. The highest BCUT2D eigenvalue weighted by atomic mass is 32.1. The van der Waals surface area contributed by atoms with Gasteiger partial charge in [0.2, 0.25) is 0 Å². The summed E-state index contributed by atoms with van der Waals surface area (Å²) in [5.74, 6) is 0.496. The standard InChI is InChI=1S/C34H33F3N6O2S/c1-20-15-21(2)30(22(3)16-20)43-23(4)18-46-33(43)40-32(44)39-27-10-9-26(17-27)24-5-7-25(8-6-24)31-38-19-42(41-31)28-11-13-29(14-12-28)45-34(35,36)37/h5-8,11-16,18-19,26-27H,9-10,17H2,1-4H3,(H,39,44). The Balaban J connectivity index is 1.09. The Hall–Kier alpha value is -4.71. The second-order valence-electron chi connectivity index (χ2n) is 11.7. The van der Waals surface area contributed by atoms with Crippen LogP contribution in [0, 0.1) is 27.7 Å². The molecule has 3 aromatic carbocycles. The van der Waals surface area contributed by atoms with Crippen molar-refractivity contribution >= 4 is 17.4 Å². The fraction of sp³-hybridized carbons (Fsp3) is 0.294. The molecule has 0 saturated heterocycles. The summed E-state index contributed by atoms with van der Waals surface area (Å²) in [5, 5.41) is 9.63. The van der Waals surface area contributed by atoms with Crippen molar-refractivity contribution in [1.29, 1.82) is 0 Å². The molecule has 1 N–H and O–H groups in total. The lowest BCUT2D eigenvalue weighted by Gasteiger charge is -2.15. The molecule has 2 amide bonds. The number of thiazole rings is 1. The van der Waals surface area contributed by atoms with E-state index in [1.54, 1.807) is 0 Å². The van der Waals surface area contributed by atoms with Crippen LogP contribution < -0.4 is 14.9 Å². The van der Waals surface area contributed by atoms with E-state index in [0.717, 1.165) is 47.3 Å². The van der Waals surface area contributed by atoms with Gasteiger partial charge >= 0.3 is 12.4 Å². The summed E-state index contributed by atoms with van der Waals surface area (Å²) in [4.78, 5) is 22.6. The largest absolute Gasteiger partial charge is 0.573 e. The maximum Gasteiger partial charge on any atom is 0.573 e. The molecule has 46 heavy (non-hydrogen) atoms. The van der Waals surface area contributed by atoms with Gasteiger partial charge in [-0.2, -0.15) is 4.99 Å². The summed E-state index contributed by atoms with van der Waals surface area (Å²) in [7, 11) is 0. The summed E-state index contributed by atoms with van der Waals surface area (Å²) in [6.45, 7) is 8.28. The van der Waals surface area contributed by atoms with Gasteiger partial charge < -0.3 is 10.1 Å².